The molecule has 0 saturated carbocycles. The molecule has 4 heteroatoms. The summed E-state index contributed by atoms with van der Waals surface area (Å²) in [6.07, 6.45) is 5.64. The van der Waals surface area contributed by atoms with Crippen molar-refractivity contribution in [1.82, 2.24) is 0 Å². The first kappa shape index (κ1) is 19.9. The molecule has 2 aromatic carbocycles. The first-order valence-electron chi connectivity index (χ1n) is 9.56. The van der Waals surface area contributed by atoms with Crippen LogP contribution in [0.3, 0.4) is 0 Å². The molecule has 3 rings (SSSR count). The summed E-state index contributed by atoms with van der Waals surface area (Å²) in [5, 5.41) is 11.7. The maximum atomic E-state index is 12.2. The Morgan fingerprint density at radius 3 is 2.14 bits per heavy atom. The van der Waals surface area contributed by atoms with E-state index in [0.717, 1.165) is 12.0 Å². The van der Waals surface area contributed by atoms with Gasteiger partial charge in [0, 0.05) is 11.8 Å². The van der Waals surface area contributed by atoms with Gasteiger partial charge in [0.2, 0.25) is 5.91 Å². The van der Waals surface area contributed by atoms with Gasteiger partial charge in [0.25, 0.3) is 0 Å². The molecule has 0 fully saturated rings. The molecular formula is C24H27NO3. The van der Waals surface area contributed by atoms with Gasteiger partial charge < -0.3 is 10.4 Å². The normalized spacial score (nSPS) is 17.1. The Morgan fingerprint density at radius 1 is 0.929 bits per heavy atom. The lowest BCUT2D eigenvalue weighted by molar-refractivity contribution is -0.111. The standard InChI is InChI=1S/C24H27NO3/c1-23(2)13-14-24(3,4)20-15-16(5-11-19(20)23)6-12-21(26)25-18-9-7-17(8-10-18)22(27)28/h5-12,15H,13-14H2,1-4H3,(H,25,26)(H,27,28)/b12-6+. The fourth-order valence-electron chi connectivity index (χ4n) is 3.76. The molecule has 0 atom stereocenters. The van der Waals surface area contributed by atoms with Crippen LogP contribution in [0.15, 0.2) is 48.5 Å². The molecule has 0 radical (unpaired) electrons. The van der Waals surface area contributed by atoms with Crippen LogP contribution in [-0.4, -0.2) is 17.0 Å². The Labute approximate surface area is 166 Å². The number of anilines is 1. The van der Waals surface area contributed by atoms with E-state index in [2.05, 4.69) is 51.2 Å². The van der Waals surface area contributed by atoms with Crippen LogP contribution < -0.4 is 5.32 Å². The highest BCUT2D eigenvalue weighted by atomic mass is 16.4. The van der Waals surface area contributed by atoms with Crippen LogP contribution in [0.25, 0.3) is 6.08 Å². The minimum Gasteiger partial charge on any atom is -0.478 e. The lowest BCUT2D eigenvalue weighted by Gasteiger charge is -2.42. The Balaban J connectivity index is 1.75. The van der Waals surface area contributed by atoms with Crippen LogP contribution in [0.5, 0.6) is 0 Å². The number of amides is 1. The van der Waals surface area contributed by atoms with Gasteiger partial charge in [-0.05, 0) is 70.7 Å². The summed E-state index contributed by atoms with van der Waals surface area (Å²) in [5.74, 6) is -1.24. The van der Waals surface area contributed by atoms with E-state index in [1.807, 2.05) is 6.08 Å². The predicted octanol–water partition coefficient (Wildman–Crippen LogP) is 5.39. The Hall–Kier alpha value is -2.88. The van der Waals surface area contributed by atoms with E-state index in [4.69, 9.17) is 5.11 Å². The highest BCUT2D eigenvalue weighted by Crippen LogP contribution is 2.45. The molecule has 0 saturated heterocycles. The van der Waals surface area contributed by atoms with E-state index in [-0.39, 0.29) is 22.3 Å². The maximum Gasteiger partial charge on any atom is 0.335 e. The van der Waals surface area contributed by atoms with Crippen molar-refractivity contribution in [2.45, 2.75) is 51.4 Å². The fraction of sp³-hybridized carbons (Fsp3) is 0.333. The third-order valence-electron chi connectivity index (χ3n) is 5.70. The maximum absolute atomic E-state index is 12.2. The van der Waals surface area contributed by atoms with Gasteiger partial charge in [-0.3, -0.25) is 4.79 Å². The van der Waals surface area contributed by atoms with Gasteiger partial charge in [-0.15, -0.1) is 0 Å². The summed E-state index contributed by atoms with van der Waals surface area (Å²) >= 11 is 0. The predicted molar refractivity (Wildman–Crippen MR) is 113 cm³/mol. The van der Waals surface area contributed by atoms with E-state index in [9.17, 15) is 9.59 Å². The van der Waals surface area contributed by atoms with Gasteiger partial charge >= 0.3 is 5.97 Å². The summed E-state index contributed by atoms with van der Waals surface area (Å²) < 4.78 is 0. The van der Waals surface area contributed by atoms with Crippen LogP contribution in [0.4, 0.5) is 5.69 Å². The number of aromatic carboxylic acids is 1. The summed E-state index contributed by atoms with van der Waals surface area (Å²) in [6, 6.07) is 12.6. The summed E-state index contributed by atoms with van der Waals surface area (Å²) in [6.45, 7) is 9.14. The molecule has 1 aliphatic carbocycles. The summed E-state index contributed by atoms with van der Waals surface area (Å²) in [4.78, 5) is 23.1. The number of rotatable bonds is 4. The average molecular weight is 377 g/mol. The van der Waals surface area contributed by atoms with Crippen molar-refractivity contribution in [2.24, 2.45) is 0 Å². The summed E-state index contributed by atoms with van der Waals surface area (Å²) in [5.41, 5.74) is 4.80. The zero-order valence-corrected chi connectivity index (χ0v) is 16.9. The zero-order valence-electron chi connectivity index (χ0n) is 16.9. The van der Waals surface area contributed by atoms with Gasteiger partial charge in [-0.25, -0.2) is 4.79 Å². The van der Waals surface area contributed by atoms with Crippen molar-refractivity contribution >= 4 is 23.6 Å². The number of carboxylic acid groups (broad SMARTS) is 1. The number of hydrogen-bond donors (Lipinski definition) is 2. The van der Waals surface area contributed by atoms with Crippen molar-refractivity contribution in [3.8, 4) is 0 Å². The van der Waals surface area contributed by atoms with Crippen molar-refractivity contribution in [1.29, 1.82) is 0 Å². The zero-order chi connectivity index (χ0) is 20.5. The van der Waals surface area contributed by atoms with Crippen LogP contribution >= 0.6 is 0 Å². The van der Waals surface area contributed by atoms with E-state index >= 15 is 0 Å². The number of hydrogen-bond acceptors (Lipinski definition) is 2. The molecule has 28 heavy (non-hydrogen) atoms. The topological polar surface area (TPSA) is 66.4 Å². The van der Waals surface area contributed by atoms with Gasteiger partial charge in [0.05, 0.1) is 5.56 Å². The second-order valence-corrected chi connectivity index (χ2v) is 8.78. The van der Waals surface area contributed by atoms with Gasteiger partial charge in [0.1, 0.15) is 0 Å². The number of carbonyl (C=O) groups is 2. The second kappa shape index (κ2) is 7.27. The van der Waals surface area contributed by atoms with Gasteiger partial charge in [-0.2, -0.15) is 0 Å². The second-order valence-electron chi connectivity index (χ2n) is 8.78. The highest BCUT2D eigenvalue weighted by molar-refractivity contribution is 6.02. The lowest BCUT2D eigenvalue weighted by atomic mass is 9.63. The van der Waals surface area contributed by atoms with E-state index in [1.165, 1.54) is 35.8 Å². The fourth-order valence-corrected chi connectivity index (χ4v) is 3.76. The smallest absolute Gasteiger partial charge is 0.335 e. The van der Waals surface area contributed by atoms with E-state index in [0.29, 0.717) is 5.69 Å². The third-order valence-corrected chi connectivity index (χ3v) is 5.70. The lowest BCUT2D eigenvalue weighted by Crippen LogP contribution is -2.33. The highest BCUT2D eigenvalue weighted by Gasteiger charge is 2.36. The number of carbonyl (C=O) groups excluding carboxylic acids is 1. The Bertz CT molecular complexity index is 937. The number of carboxylic acids is 1. The molecule has 4 nitrogen and oxygen atoms in total. The molecule has 2 aromatic rings. The monoisotopic (exact) mass is 377 g/mol. The quantitative estimate of drug-likeness (QED) is 0.703. The van der Waals surface area contributed by atoms with Crippen molar-refractivity contribution in [3.63, 3.8) is 0 Å². The average Bonchev–Trinajstić information content (AvgIpc) is 2.64. The molecule has 0 bridgehead atoms. The largest absolute Gasteiger partial charge is 0.478 e. The number of nitrogens with one attached hydrogen (secondary N) is 1. The molecule has 0 unspecified atom stereocenters. The molecule has 0 aliphatic heterocycles. The van der Waals surface area contributed by atoms with E-state index < -0.39 is 5.97 Å². The van der Waals surface area contributed by atoms with Crippen LogP contribution in [0.1, 0.15) is 67.6 Å². The SMILES string of the molecule is CC1(C)CCC(C)(C)c2cc(/C=C/C(=O)Nc3ccc(C(=O)O)cc3)ccc21. The Kier molecular flexibility index (Phi) is 5.16. The molecule has 0 spiro atoms. The summed E-state index contributed by atoms with van der Waals surface area (Å²) in [7, 11) is 0. The molecule has 2 N–H and O–H groups in total. The Morgan fingerprint density at radius 2 is 1.54 bits per heavy atom. The van der Waals surface area contributed by atoms with Crippen LogP contribution in [-0.2, 0) is 15.6 Å². The minimum absolute atomic E-state index is 0.128. The molecule has 1 amide bonds. The van der Waals surface area contributed by atoms with Gasteiger partial charge in [0.15, 0.2) is 0 Å². The molecule has 146 valence electrons. The third kappa shape index (κ3) is 4.16. The van der Waals surface area contributed by atoms with Crippen molar-refractivity contribution < 1.29 is 14.7 Å². The number of benzene rings is 2. The molecule has 0 heterocycles. The number of fused-ring (bicyclic) bond motifs is 1. The van der Waals surface area contributed by atoms with Gasteiger partial charge in [-0.1, -0.05) is 45.9 Å². The van der Waals surface area contributed by atoms with E-state index in [1.54, 1.807) is 12.1 Å². The first-order chi connectivity index (χ1) is 13.1. The first-order valence-corrected chi connectivity index (χ1v) is 9.56. The van der Waals surface area contributed by atoms with Crippen molar-refractivity contribution in [3.05, 3.63) is 70.8 Å². The molecular weight excluding hydrogens is 350 g/mol. The minimum atomic E-state index is -0.990. The molecule has 0 aromatic heterocycles. The van der Waals surface area contributed by atoms with Crippen molar-refractivity contribution in [2.75, 3.05) is 5.32 Å². The molecule has 1 aliphatic rings. The van der Waals surface area contributed by atoms with Crippen LogP contribution in [0, 0.1) is 0 Å². The van der Waals surface area contributed by atoms with Crippen LogP contribution in [0.2, 0.25) is 0 Å².